The quantitative estimate of drug-likeness (QED) is 0.312. The Morgan fingerprint density at radius 1 is 0.933 bits per heavy atom. The first-order chi connectivity index (χ1) is 21.2. The minimum atomic E-state index is -4.56. The Labute approximate surface area is 269 Å². The molecule has 3 aromatic rings. The number of carbonyl (C=O) groups is 2. The molecule has 0 spiro atoms. The summed E-state index contributed by atoms with van der Waals surface area (Å²) >= 11 is 6.53. The summed E-state index contributed by atoms with van der Waals surface area (Å²) in [6.45, 7) is 2.14. The number of nitrogens with one attached hydrogen (secondary N) is 1. The van der Waals surface area contributed by atoms with Crippen molar-refractivity contribution in [2.24, 2.45) is 0 Å². The molecule has 3 aromatic carbocycles. The van der Waals surface area contributed by atoms with Gasteiger partial charge < -0.3 is 29.3 Å². The highest BCUT2D eigenvalue weighted by Crippen LogP contribution is 2.52. The molecule has 0 fully saturated rings. The summed E-state index contributed by atoms with van der Waals surface area (Å²) in [5.41, 5.74) is 0.124. The van der Waals surface area contributed by atoms with Crippen molar-refractivity contribution in [3.63, 3.8) is 0 Å². The van der Waals surface area contributed by atoms with Gasteiger partial charge in [-0.15, -0.1) is 0 Å². The van der Waals surface area contributed by atoms with E-state index in [9.17, 15) is 13.2 Å². The van der Waals surface area contributed by atoms with E-state index in [1.165, 1.54) is 56.6 Å². The van der Waals surface area contributed by atoms with E-state index < -0.39 is 27.4 Å². The SMILES string of the molecule is COc1ccc(S(=O)(=O)N2C(=O)C(CNC(C)C(=O)N(C)C)(c3ccc(CN(C)C)cc3OC)c3cc(Cl)ccc32)c(OC)c1. The standard InChI is InChI=1S/C32H39ClN4O7S/c1-20(30(38)36(4)5)34-19-32(24-12-9-21(18-35(2)3)15-27(24)43-7)25-16-22(33)10-13-26(25)37(31(32)39)45(40,41)29-14-11-23(42-6)17-28(29)44-8/h9-17,20,34H,18-19H2,1-8H3. The fraction of sp³-hybridized carbons (Fsp3) is 0.375. The van der Waals surface area contributed by atoms with E-state index in [4.69, 9.17) is 25.8 Å². The molecule has 2 unspecified atom stereocenters. The van der Waals surface area contributed by atoms with Crippen molar-refractivity contribution in [3.8, 4) is 17.2 Å². The molecule has 0 aromatic heterocycles. The fourth-order valence-corrected chi connectivity index (χ4v) is 7.41. The van der Waals surface area contributed by atoms with Crippen molar-refractivity contribution in [1.29, 1.82) is 0 Å². The van der Waals surface area contributed by atoms with Gasteiger partial charge in [-0.25, -0.2) is 12.7 Å². The molecule has 0 saturated carbocycles. The molecule has 11 nitrogen and oxygen atoms in total. The number of likely N-dealkylation sites (N-methyl/N-ethyl adjacent to an activating group) is 1. The molecule has 2 amide bonds. The van der Waals surface area contributed by atoms with E-state index in [1.807, 2.05) is 31.1 Å². The van der Waals surface area contributed by atoms with Gasteiger partial charge >= 0.3 is 0 Å². The lowest BCUT2D eigenvalue weighted by molar-refractivity contribution is -0.131. The first-order valence-electron chi connectivity index (χ1n) is 14.1. The highest BCUT2D eigenvalue weighted by molar-refractivity contribution is 7.93. The van der Waals surface area contributed by atoms with Crippen molar-refractivity contribution in [2.45, 2.75) is 29.8 Å². The monoisotopic (exact) mass is 658 g/mol. The number of rotatable bonds is 12. The predicted molar refractivity (Wildman–Crippen MR) is 173 cm³/mol. The van der Waals surface area contributed by atoms with E-state index in [0.717, 1.165) is 9.87 Å². The zero-order valence-electron chi connectivity index (χ0n) is 26.7. The van der Waals surface area contributed by atoms with Gasteiger partial charge in [-0.1, -0.05) is 23.7 Å². The summed E-state index contributed by atoms with van der Waals surface area (Å²) < 4.78 is 46.3. The number of carbonyl (C=O) groups excluding carboxylic acids is 2. The van der Waals surface area contributed by atoms with Gasteiger partial charge in [-0.2, -0.15) is 0 Å². The normalized spacial score (nSPS) is 16.8. The molecule has 4 rings (SSSR count). The van der Waals surface area contributed by atoms with E-state index >= 15 is 4.79 Å². The average Bonchev–Trinajstić information content (AvgIpc) is 3.26. The Morgan fingerprint density at radius 3 is 2.22 bits per heavy atom. The van der Waals surface area contributed by atoms with Crippen molar-refractivity contribution >= 4 is 39.1 Å². The summed E-state index contributed by atoms with van der Waals surface area (Å²) in [6, 6.07) is 13.6. The van der Waals surface area contributed by atoms with Gasteiger partial charge in [0.1, 0.15) is 27.6 Å². The molecule has 1 heterocycles. The number of anilines is 1. The Morgan fingerprint density at radius 2 is 1.62 bits per heavy atom. The highest BCUT2D eigenvalue weighted by atomic mass is 35.5. The number of hydrogen-bond donors (Lipinski definition) is 1. The number of methoxy groups -OCH3 is 3. The van der Waals surface area contributed by atoms with Crippen LogP contribution in [0.15, 0.2) is 59.5 Å². The number of benzene rings is 3. The van der Waals surface area contributed by atoms with Gasteiger partial charge in [0.2, 0.25) is 5.91 Å². The van der Waals surface area contributed by atoms with E-state index in [1.54, 1.807) is 33.2 Å². The molecular formula is C32H39ClN4O7S. The number of nitrogens with zero attached hydrogens (tertiary/aromatic N) is 3. The van der Waals surface area contributed by atoms with Gasteiger partial charge in [0.25, 0.3) is 15.9 Å². The molecule has 0 saturated heterocycles. The molecular weight excluding hydrogens is 620 g/mol. The number of hydrogen-bond acceptors (Lipinski definition) is 9. The van der Waals surface area contributed by atoms with Crippen molar-refractivity contribution < 1.29 is 32.2 Å². The molecule has 13 heteroatoms. The molecule has 45 heavy (non-hydrogen) atoms. The largest absolute Gasteiger partial charge is 0.497 e. The Bertz CT molecular complexity index is 1710. The van der Waals surface area contributed by atoms with Crippen LogP contribution in [0.4, 0.5) is 5.69 Å². The summed E-state index contributed by atoms with van der Waals surface area (Å²) in [5, 5.41) is 3.50. The lowest BCUT2D eigenvalue weighted by Gasteiger charge is -2.33. The lowest BCUT2D eigenvalue weighted by Crippen LogP contribution is -2.53. The predicted octanol–water partition coefficient (Wildman–Crippen LogP) is 3.52. The second kappa shape index (κ2) is 13.3. The maximum Gasteiger partial charge on any atom is 0.274 e. The van der Waals surface area contributed by atoms with E-state index in [2.05, 4.69) is 5.32 Å². The molecule has 1 N–H and O–H groups in total. The summed E-state index contributed by atoms with van der Waals surface area (Å²) in [4.78, 5) is 31.1. The number of ether oxygens (including phenoxy) is 3. The summed E-state index contributed by atoms with van der Waals surface area (Å²) in [6.07, 6.45) is 0. The summed E-state index contributed by atoms with van der Waals surface area (Å²) in [5.74, 6) is -0.227. The Kier molecular flexibility index (Phi) is 10.0. The number of sulfonamides is 1. The topological polar surface area (TPSA) is 118 Å². The van der Waals surface area contributed by atoms with Crippen LogP contribution in [0, 0.1) is 0 Å². The average molecular weight is 659 g/mol. The maximum atomic E-state index is 15.0. The van der Waals surface area contributed by atoms with E-state index in [0.29, 0.717) is 34.2 Å². The van der Waals surface area contributed by atoms with Gasteiger partial charge in [-0.05, 0) is 68.5 Å². The first-order valence-corrected chi connectivity index (χ1v) is 15.9. The van der Waals surface area contributed by atoms with Crippen LogP contribution in [-0.4, -0.2) is 92.1 Å². The second-order valence-corrected chi connectivity index (χ2v) is 13.5. The van der Waals surface area contributed by atoms with Crippen LogP contribution in [0.2, 0.25) is 5.02 Å². The van der Waals surface area contributed by atoms with E-state index in [-0.39, 0.29) is 28.8 Å². The minimum Gasteiger partial charge on any atom is -0.497 e. The van der Waals surface area contributed by atoms with Crippen LogP contribution >= 0.6 is 11.6 Å². The molecule has 2 atom stereocenters. The van der Waals surface area contributed by atoms with Crippen molar-refractivity contribution in [2.75, 3.05) is 60.4 Å². The number of fused-ring (bicyclic) bond motifs is 1. The van der Waals surface area contributed by atoms with Gasteiger partial charge in [0.05, 0.1) is 33.1 Å². The Balaban J connectivity index is 2.01. The maximum absolute atomic E-state index is 15.0. The molecule has 242 valence electrons. The molecule has 1 aliphatic rings. The third-order valence-corrected chi connectivity index (χ3v) is 9.76. The van der Waals surface area contributed by atoms with Crippen LogP contribution in [0.5, 0.6) is 17.2 Å². The lowest BCUT2D eigenvalue weighted by atomic mass is 9.74. The summed E-state index contributed by atoms with van der Waals surface area (Å²) in [7, 11) is 6.86. The van der Waals surface area contributed by atoms with Crippen LogP contribution < -0.4 is 23.8 Å². The van der Waals surface area contributed by atoms with Crippen molar-refractivity contribution in [3.05, 3.63) is 76.3 Å². The number of halogens is 1. The first kappa shape index (κ1) is 34.0. The zero-order chi connectivity index (χ0) is 33.3. The molecule has 1 aliphatic heterocycles. The molecule has 0 aliphatic carbocycles. The van der Waals surface area contributed by atoms with Crippen LogP contribution in [0.3, 0.4) is 0 Å². The molecule has 0 bridgehead atoms. The second-order valence-electron chi connectivity index (χ2n) is 11.3. The third-order valence-electron chi connectivity index (χ3n) is 7.78. The van der Waals surface area contributed by atoms with Crippen LogP contribution in [0.1, 0.15) is 23.6 Å². The third kappa shape index (κ3) is 6.19. The van der Waals surface area contributed by atoms with Crippen molar-refractivity contribution in [1.82, 2.24) is 15.1 Å². The van der Waals surface area contributed by atoms with Gasteiger partial charge in [0.15, 0.2) is 0 Å². The highest BCUT2D eigenvalue weighted by Gasteiger charge is 2.57. The zero-order valence-corrected chi connectivity index (χ0v) is 28.2. The van der Waals surface area contributed by atoms with Gasteiger partial charge in [-0.3, -0.25) is 9.59 Å². The van der Waals surface area contributed by atoms with Gasteiger partial charge in [0, 0.05) is 43.8 Å². The minimum absolute atomic E-state index is 0.00380. The smallest absolute Gasteiger partial charge is 0.274 e. The molecule has 0 radical (unpaired) electrons. The fourth-order valence-electron chi connectivity index (χ4n) is 5.61. The van der Waals surface area contributed by atoms with Crippen LogP contribution in [0.25, 0.3) is 0 Å². The van der Waals surface area contributed by atoms with Crippen LogP contribution in [-0.2, 0) is 31.6 Å². The number of amides is 2. The Hall–Kier alpha value is -3.84.